The number of likely N-dealkylation sites (tertiary alicyclic amines) is 1. The average molecular weight is 495 g/mol. The molecule has 2 aromatic rings. The van der Waals surface area contributed by atoms with Crippen LogP contribution in [0.25, 0.3) is 0 Å². The highest BCUT2D eigenvalue weighted by molar-refractivity contribution is 14.0. The predicted octanol–water partition coefficient (Wildman–Crippen LogP) is 3.48. The lowest BCUT2D eigenvalue weighted by atomic mass is 9.99. The number of rotatable bonds is 5. The van der Waals surface area contributed by atoms with E-state index in [-0.39, 0.29) is 30.8 Å². The third kappa shape index (κ3) is 4.81. The predicted molar refractivity (Wildman–Crippen MR) is 120 cm³/mol. The standard InChI is InChI=1S/C21H25N3O3.HI/c1-22-21(24-11-9-17(14-24)16-5-3-2-4-6-16)23-10-12-25-18-7-8-19-20(13-18)27-15-26-19;/h2-8,13,17H,9-12,14-15H2,1H3,(H,22,23);1H. The summed E-state index contributed by atoms with van der Waals surface area (Å²) in [5.74, 6) is 3.78. The van der Waals surface area contributed by atoms with Gasteiger partial charge in [-0.15, -0.1) is 24.0 Å². The Morgan fingerprint density at radius 3 is 2.82 bits per heavy atom. The number of ether oxygens (including phenoxy) is 3. The lowest BCUT2D eigenvalue weighted by Gasteiger charge is -2.22. The molecule has 2 aliphatic rings. The summed E-state index contributed by atoms with van der Waals surface area (Å²) in [6, 6.07) is 16.3. The third-order valence-electron chi connectivity index (χ3n) is 4.97. The highest BCUT2D eigenvalue weighted by Gasteiger charge is 2.25. The van der Waals surface area contributed by atoms with Crippen molar-refractivity contribution in [3.63, 3.8) is 0 Å². The van der Waals surface area contributed by atoms with E-state index in [4.69, 9.17) is 14.2 Å². The molecular formula is C21H26IN3O3. The maximum atomic E-state index is 5.81. The molecule has 6 nitrogen and oxygen atoms in total. The van der Waals surface area contributed by atoms with E-state index >= 15 is 0 Å². The van der Waals surface area contributed by atoms with Crippen molar-refractivity contribution in [2.45, 2.75) is 12.3 Å². The lowest BCUT2D eigenvalue weighted by Crippen LogP contribution is -2.41. The van der Waals surface area contributed by atoms with Crippen LogP contribution in [-0.2, 0) is 0 Å². The summed E-state index contributed by atoms with van der Waals surface area (Å²) in [6.07, 6.45) is 1.15. The maximum absolute atomic E-state index is 5.81. The number of guanidine groups is 1. The molecule has 2 heterocycles. The number of fused-ring (bicyclic) bond motifs is 1. The lowest BCUT2D eigenvalue weighted by molar-refractivity contribution is 0.173. The van der Waals surface area contributed by atoms with Crippen molar-refractivity contribution >= 4 is 29.9 Å². The van der Waals surface area contributed by atoms with Gasteiger partial charge >= 0.3 is 0 Å². The third-order valence-corrected chi connectivity index (χ3v) is 4.97. The molecule has 0 aromatic heterocycles. The summed E-state index contributed by atoms with van der Waals surface area (Å²) in [5, 5.41) is 3.40. The van der Waals surface area contributed by atoms with E-state index in [2.05, 4.69) is 45.5 Å². The first-order valence-corrected chi connectivity index (χ1v) is 9.36. The fraction of sp³-hybridized carbons (Fsp3) is 0.381. The normalized spacial score (nSPS) is 18.0. The fourth-order valence-electron chi connectivity index (χ4n) is 3.58. The van der Waals surface area contributed by atoms with Crippen molar-refractivity contribution in [1.29, 1.82) is 0 Å². The van der Waals surface area contributed by atoms with E-state index in [0.717, 1.165) is 42.7 Å². The first kappa shape index (κ1) is 20.6. The second-order valence-electron chi connectivity index (χ2n) is 6.68. The van der Waals surface area contributed by atoms with Crippen LogP contribution in [0.3, 0.4) is 0 Å². The van der Waals surface area contributed by atoms with Crippen LogP contribution < -0.4 is 19.5 Å². The molecule has 28 heavy (non-hydrogen) atoms. The molecule has 0 radical (unpaired) electrons. The topological polar surface area (TPSA) is 55.3 Å². The van der Waals surface area contributed by atoms with Gasteiger partial charge in [0.15, 0.2) is 17.5 Å². The van der Waals surface area contributed by atoms with Gasteiger partial charge in [-0.05, 0) is 24.1 Å². The summed E-state index contributed by atoms with van der Waals surface area (Å²) in [6.45, 7) is 3.52. The van der Waals surface area contributed by atoms with Gasteiger partial charge < -0.3 is 24.4 Å². The van der Waals surface area contributed by atoms with Crippen LogP contribution in [0.15, 0.2) is 53.5 Å². The monoisotopic (exact) mass is 495 g/mol. The average Bonchev–Trinajstić information content (AvgIpc) is 3.38. The number of nitrogens with one attached hydrogen (secondary N) is 1. The number of hydrogen-bond acceptors (Lipinski definition) is 4. The Morgan fingerprint density at radius 1 is 1.18 bits per heavy atom. The van der Waals surface area contributed by atoms with Crippen molar-refractivity contribution in [2.24, 2.45) is 4.99 Å². The Bertz CT molecular complexity index is 801. The zero-order chi connectivity index (χ0) is 18.5. The minimum atomic E-state index is 0. The second kappa shape index (κ2) is 9.86. The molecule has 4 rings (SSSR count). The number of benzene rings is 2. The summed E-state index contributed by atoms with van der Waals surface area (Å²) in [4.78, 5) is 6.75. The molecular weight excluding hydrogens is 469 g/mol. The molecule has 2 aliphatic heterocycles. The number of halogens is 1. The van der Waals surface area contributed by atoms with E-state index in [0.29, 0.717) is 19.1 Å². The SMILES string of the molecule is CN=C(NCCOc1ccc2c(c1)OCO2)N1CCC(c2ccccc2)C1.I. The Labute approximate surface area is 182 Å². The molecule has 150 valence electrons. The van der Waals surface area contributed by atoms with Gasteiger partial charge in [0.25, 0.3) is 0 Å². The zero-order valence-corrected chi connectivity index (χ0v) is 18.3. The van der Waals surface area contributed by atoms with E-state index < -0.39 is 0 Å². The van der Waals surface area contributed by atoms with E-state index in [1.165, 1.54) is 5.56 Å². The number of hydrogen-bond donors (Lipinski definition) is 1. The molecule has 2 aromatic carbocycles. The summed E-state index contributed by atoms with van der Waals surface area (Å²) in [5.41, 5.74) is 1.40. The van der Waals surface area contributed by atoms with Crippen LogP contribution in [-0.4, -0.2) is 50.9 Å². The Morgan fingerprint density at radius 2 is 2.00 bits per heavy atom. The molecule has 1 N–H and O–H groups in total. The first-order chi connectivity index (χ1) is 13.3. The Kier molecular flexibility index (Phi) is 7.24. The molecule has 0 bridgehead atoms. The zero-order valence-electron chi connectivity index (χ0n) is 16.0. The van der Waals surface area contributed by atoms with Gasteiger partial charge in [-0.1, -0.05) is 30.3 Å². The maximum Gasteiger partial charge on any atom is 0.231 e. The number of aliphatic imine (C=N–C) groups is 1. The van der Waals surface area contributed by atoms with E-state index in [9.17, 15) is 0 Å². The fourth-order valence-corrected chi connectivity index (χ4v) is 3.58. The van der Waals surface area contributed by atoms with Gasteiger partial charge in [-0.25, -0.2) is 0 Å². The molecule has 0 aliphatic carbocycles. The first-order valence-electron chi connectivity index (χ1n) is 9.36. The van der Waals surface area contributed by atoms with Crippen LogP contribution in [0.4, 0.5) is 0 Å². The van der Waals surface area contributed by atoms with E-state index in [1.54, 1.807) is 0 Å². The van der Waals surface area contributed by atoms with Gasteiger partial charge in [0.05, 0.1) is 6.54 Å². The van der Waals surface area contributed by atoms with Gasteiger partial charge in [0.1, 0.15) is 12.4 Å². The number of nitrogens with zero attached hydrogens (tertiary/aromatic N) is 2. The van der Waals surface area contributed by atoms with E-state index in [1.807, 2.05) is 25.2 Å². The van der Waals surface area contributed by atoms with Crippen LogP contribution >= 0.6 is 24.0 Å². The van der Waals surface area contributed by atoms with Crippen LogP contribution in [0, 0.1) is 0 Å². The van der Waals surface area contributed by atoms with Gasteiger partial charge in [0, 0.05) is 32.1 Å². The molecule has 0 saturated carbocycles. The van der Waals surface area contributed by atoms with Crippen LogP contribution in [0.5, 0.6) is 17.2 Å². The highest BCUT2D eigenvalue weighted by Crippen LogP contribution is 2.35. The second-order valence-corrected chi connectivity index (χ2v) is 6.68. The molecule has 1 fully saturated rings. The minimum Gasteiger partial charge on any atom is -0.492 e. The quantitative estimate of drug-likeness (QED) is 0.298. The van der Waals surface area contributed by atoms with Crippen molar-refractivity contribution in [2.75, 3.05) is 40.1 Å². The molecule has 1 saturated heterocycles. The molecule has 0 spiro atoms. The van der Waals surface area contributed by atoms with Crippen molar-refractivity contribution in [3.8, 4) is 17.2 Å². The van der Waals surface area contributed by atoms with Gasteiger partial charge in [-0.2, -0.15) is 0 Å². The van der Waals surface area contributed by atoms with Crippen molar-refractivity contribution in [3.05, 3.63) is 54.1 Å². The summed E-state index contributed by atoms with van der Waals surface area (Å²) >= 11 is 0. The molecule has 1 atom stereocenters. The van der Waals surface area contributed by atoms with Crippen LogP contribution in [0.2, 0.25) is 0 Å². The molecule has 7 heteroatoms. The largest absolute Gasteiger partial charge is 0.492 e. The van der Waals surface area contributed by atoms with Gasteiger partial charge in [0.2, 0.25) is 6.79 Å². The highest BCUT2D eigenvalue weighted by atomic mass is 127. The van der Waals surface area contributed by atoms with Crippen molar-refractivity contribution < 1.29 is 14.2 Å². The summed E-state index contributed by atoms with van der Waals surface area (Å²) < 4.78 is 16.5. The van der Waals surface area contributed by atoms with Gasteiger partial charge in [-0.3, -0.25) is 4.99 Å². The minimum absolute atomic E-state index is 0. The molecule has 1 unspecified atom stereocenters. The molecule has 0 amide bonds. The Balaban J connectivity index is 0.00000225. The smallest absolute Gasteiger partial charge is 0.231 e. The van der Waals surface area contributed by atoms with Crippen LogP contribution in [0.1, 0.15) is 17.9 Å². The Hall–Kier alpha value is -2.16. The van der Waals surface area contributed by atoms with Crippen molar-refractivity contribution in [1.82, 2.24) is 10.2 Å². The summed E-state index contributed by atoms with van der Waals surface area (Å²) in [7, 11) is 1.83.